The Morgan fingerprint density at radius 2 is 1.85 bits per heavy atom. The molecule has 7 nitrogen and oxygen atoms in total. The first-order chi connectivity index (χ1) is 18.6. The van der Waals surface area contributed by atoms with Crippen molar-refractivity contribution in [2.45, 2.75) is 113 Å². The number of nitrogens with zero attached hydrogens (tertiary/aromatic N) is 1. The molecule has 1 heterocycles. The van der Waals surface area contributed by atoms with Gasteiger partial charge in [-0.2, -0.15) is 0 Å². The number of ether oxygens (including phenoxy) is 2. The third kappa shape index (κ3) is 24.6. The molecule has 0 aromatic rings. The van der Waals surface area contributed by atoms with Gasteiger partial charge in [-0.25, -0.2) is 4.79 Å². The lowest BCUT2D eigenvalue weighted by Gasteiger charge is -2.24. The largest absolute Gasteiger partial charge is 0.465 e. The van der Waals surface area contributed by atoms with Crippen LogP contribution in [0.15, 0.2) is 36.0 Å². The number of esters is 1. The summed E-state index contributed by atoms with van der Waals surface area (Å²) in [6.07, 6.45) is 14.2. The van der Waals surface area contributed by atoms with Gasteiger partial charge < -0.3 is 24.8 Å². The molecule has 0 aromatic carbocycles. The summed E-state index contributed by atoms with van der Waals surface area (Å²) >= 11 is 0. The number of allylic oxidation sites excluding steroid dienone is 4. The van der Waals surface area contributed by atoms with Crippen LogP contribution in [0, 0.1) is 11.8 Å². The van der Waals surface area contributed by atoms with Crippen LogP contribution in [-0.2, 0) is 14.3 Å². The summed E-state index contributed by atoms with van der Waals surface area (Å²) in [6, 6.07) is 0. The van der Waals surface area contributed by atoms with Crippen molar-refractivity contribution >= 4 is 12.1 Å². The predicted octanol–water partition coefficient (Wildman–Crippen LogP) is 7.06. The average Bonchev–Trinajstić information content (AvgIpc) is 2.90. The van der Waals surface area contributed by atoms with Gasteiger partial charge in [-0.3, -0.25) is 4.79 Å². The zero-order valence-electron chi connectivity index (χ0n) is 26.5. The molecule has 1 aliphatic heterocycles. The lowest BCUT2D eigenvalue weighted by molar-refractivity contribution is -0.146. The van der Waals surface area contributed by atoms with E-state index in [9.17, 15) is 14.7 Å². The van der Waals surface area contributed by atoms with Crippen molar-refractivity contribution in [3.05, 3.63) is 36.0 Å². The van der Waals surface area contributed by atoms with Crippen molar-refractivity contribution in [2.24, 2.45) is 11.8 Å². The van der Waals surface area contributed by atoms with E-state index in [2.05, 4.69) is 63.2 Å². The van der Waals surface area contributed by atoms with Crippen molar-refractivity contribution < 1.29 is 24.2 Å². The predicted molar refractivity (Wildman–Crippen MR) is 164 cm³/mol. The molecule has 0 aromatic heterocycles. The first kappa shape index (κ1) is 39.0. The minimum Gasteiger partial charge on any atom is -0.465 e. The third-order valence-electron chi connectivity index (χ3n) is 5.95. The topological polar surface area (TPSA) is 88.1 Å². The van der Waals surface area contributed by atoms with E-state index in [0.29, 0.717) is 19.4 Å². The number of amides is 1. The number of aliphatic hydroxyl groups is 1. The second-order valence-electron chi connectivity index (χ2n) is 10.3. The number of carbonyl (C=O) groups is 2. The monoisotopic (exact) mass is 552 g/mol. The number of hydrogen-bond acceptors (Lipinski definition) is 6. The van der Waals surface area contributed by atoms with Crippen LogP contribution in [-0.4, -0.2) is 67.6 Å². The van der Waals surface area contributed by atoms with Crippen molar-refractivity contribution in [1.29, 1.82) is 0 Å². The smallest absolute Gasteiger partial charge is 0.407 e. The highest BCUT2D eigenvalue weighted by atomic mass is 16.6. The standard InChI is InChI=1S/C21H38N2O5.C9H16.C2H6/c1-5-12-23(4)13-6-11-22-21(26)28-19-10-7-16(2)15-27-20(25)14-18(24)9-8-17(19)3;1-4-5-6-7-8-9(2)3;1-2/h7,10,16-19,24H,5-6,8-9,11-15H2,1-4H3,(H,22,26);5-6,8H,4,7H2,1-3H3;1-2H3/b10-7+;6-5+;. The van der Waals surface area contributed by atoms with Gasteiger partial charge >= 0.3 is 12.1 Å². The van der Waals surface area contributed by atoms with E-state index in [-0.39, 0.29) is 36.9 Å². The Hall–Kier alpha value is -2.12. The Morgan fingerprint density at radius 1 is 1.15 bits per heavy atom. The first-order valence-electron chi connectivity index (χ1n) is 15.0. The highest BCUT2D eigenvalue weighted by Gasteiger charge is 2.22. The van der Waals surface area contributed by atoms with Crippen LogP contribution in [0.4, 0.5) is 4.79 Å². The van der Waals surface area contributed by atoms with E-state index < -0.39 is 12.2 Å². The van der Waals surface area contributed by atoms with Crippen molar-refractivity contribution in [3.8, 4) is 0 Å². The molecule has 0 radical (unpaired) electrons. The second kappa shape index (κ2) is 26.1. The zero-order valence-corrected chi connectivity index (χ0v) is 26.5. The fourth-order valence-corrected chi connectivity index (χ4v) is 3.66. The van der Waals surface area contributed by atoms with Crippen LogP contribution >= 0.6 is 0 Å². The van der Waals surface area contributed by atoms with Gasteiger partial charge in [0.25, 0.3) is 0 Å². The minimum absolute atomic E-state index is 0.00163. The normalized spacial score (nSPS) is 22.6. The number of carbonyl (C=O) groups excluding carboxylic acids is 2. The molecule has 1 rings (SSSR count). The van der Waals surface area contributed by atoms with Crippen molar-refractivity contribution in [3.63, 3.8) is 0 Å². The maximum atomic E-state index is 12.2. The average molecular weight is 553 g/mol. The van der Waals surface area contributed by atoms with E-state index in [4.69, 9.17) is 9.47 Å². The molecule has 0 saturated carbocycles. The highest BCUT2D eigenvalue weighted by molar-refractivity contribution is 5.70. The van der Waals surface area contributed by atoms with E-state index in [0.717, 1.165) is 38.8 Å². The number of aliphatic hydroxyl groups excluding tert-OH is 1. The van der Waals surface area contributed by atoms with E-state index in [1.54, 1.807) is 0 Å². The molecule has 0 aliphatic carbocycles. The Labute approximate surface area is 240 Å². The van der Waals surface area contributed by atoms with Crippen LogP contribution in [0.25, 0.3) is 0 Å². The molecule has 0 saturated heterocycles. The van der Waals surface area contributed by atoms with Gasteiger partial charge in [0.15, 0.2) is 0 Å². The van der Waals surface area contributed by atoms with Gasteiger partial charge in [0.1, 0.15) is 6.10 Å². The molecular formula is C32H60N2O5. The maximum Gasteiger partial charge on any atom is 0.407 e. The molecule has 0 fully saturated rings. The Kier molecular flexibility index (Phi) is 26.1. The second-order valence-corrected chi connectivity index (χ2v) is 10.3. The van der Waals surface area contributed by atoms with Crippen LogP contribution in [0.1, 0.15) is 100 Å². The Morgan fingerprint density at radius 3 is 2.46 bits per heavy atom. The van der Waals surface area contributed by atoms with Gasteiger partial charge in [-0.05, 0) is 84.5 Å². The van der Waals surface area contributed by atoms with Crippen LogP contribution < -0.4 is 5.32 Å². The zero-order chi connectivity index (χ0) is 30.1. The molecule has 4 atom stereocenters. The van der Waals surface area contributed by atoms with E-state index in [1.165, 1.54) is 5.57 Å². The molecular weight excluding hydrogens is 492 g/mol. The van der Waals surface area contributed by atoms with Gasteiger partial charge in [0.2, 0.25) is 0 Å². The lowest BCUT2D eigenvalue weighted by Crippen LogP contribution is -2.33. The van der Waals surface area contributed by atoms with Crippen molar-refractivity contribution in [2.75, 3.05) is 33.3 Å². The van der Waals surface area contributed by atoms with Gasteiger partial charge in [0.05, 0.1) is 19.1 Å². The lowest BCUT2D eigenvalue weighted by atomic mass is 9.94. The maximum absolute atomic E-state index is 12.2. The fraction of sp³-hybridized carbons (Fsp3) is 0.750. The van der Waals surface area contributed by atoms with Gasteiger partial charge in [-0.15, -0.1) is 0 Å². The quantitative estimate of drug-likeness (QED) is 0.171. The molecule has 1 aliphatic rings. The minimum atomic E-state index is -0.733. The summed E-state index contributed by atoms with van der Waals surface area (Å²) in [5, 5.41) is 12.8. The first-order valence-corrected chi connectivity index (χ1v) is 15.0. The number of hydrogen-bond donors (Lipinski definition) is 2. The third-order valence-corrected chi connectivity index (χ3v) is 5.95. The molecule has 228 valence electrons. The summed E-state index contributed by atoms with van der Waals surface area (Å²) in [4.78, 5) is 26.1. The van der Waals surface area contributed by atoms with Crippen LogP contribution in [0.2, 0.25) is 0 Å². The molecule has 2 N–H and O–H groups in total. The molecule has 7 heteroatoms. The summed E-state index contributed by atoms with van der Waals surface area (Å²) in [5.74, 6) is -0.330. The van der Waals surface area contributed by atoms with Gasteiger partial charge in [0, 0.05) is 12.5 Å². The summed E-state index contributed by atoms with van der Waals surface area (Å²) in [6.45, 7) is 19.3. The van der Waals surface area contributed by atoms with Crippen molar-refractivity contribution in [1.82, 2.24) is 10.2 Å². The SMILES string of the molecule is CC.CC/C=C/CC=C(C)C.CCCN(C)CCCNC(=O)OC1/C=C/C(C)COC(=O)CC(O)CCC1C. The molecule has 1 amide bonds. The number of alkyl carbamates (subject to hydrolysis) is 1. The number of rotatable bonds is 10. The van der Waals surface area contributed by atoms with Gasteiger partial charge in [-0.1, -0.05) is 71.4 Å². The molecule has 4 unspecified atom stereocenters. The van der Waals surface area contributed by atoms with Crippen LogP contribution in [0.5, 0.6) is 0 Å². The van der Waals surface area contributed by atoms with E-state index >= 15 is 0 Å². The Balaban J connectivity index is 0. The summed E-state index contributed by atoms with van der Waals surface area (Å²) < 4.78 is 10.8. The molecule has 0 spiro atoms. The summed E-state index contributed by atoms with van der Waals surface area (Å²) in [7, 11) is 2.08. The fourth-order valence-electron chi connectivity index (χ4n) is 3.66. The van der Waals surface area contributed by atoms with E-state index in [1.807, 2.05) is 39.8 Å². The molecule has 0 bridgehead atoms. The number of cyclic esters (lactones) is 1. The number of nitrogens with one attached hydrogen (secondary N) is 1. The Bertz CT molecular complexity index is 701. The molecule has 39 heavy (non-hydrogen) atoms. The van der Waals surface area contributed by atoms with Crippen LogP contribution in [0.3, 0.4) is 0 Å². The highest BCUT2D eigenvalue weighted by Crippen LogP contribution is 2.20. The summed E-state index contributed by atoms with van der Waals surface area (Å²) in [5.41, 5.74) is 1.40.